The van der Waals surface area contributed by atoms with E-state index in [1.165, 1.54) is 0 Å². The molecule has 0 heterocycles. The molecule has 1 N–H and O–H groups in total. The molecule has 0 aromatic heterocycles. The van der Waals surface area contributed by atoms with Crippen molar-refractivity contribution in [3.8, 4) is 5.75 Å². The molecule has 0 aliphatic carbocycles. The van der Waals surface area contributed by atoms with Crippen LogP contribution in [0.5, 0.6) is 5.75 Å². The molecule has 3 heteroatoms. The summed E-state index contributed by atoms with van der Waals surface area (Å²) < 4.78 is 0. The molecule has 1 nitrogen and oxygen atoms in total. The van der Waals surface area contributed by atoms with Gasteiger partial charge < -0.3 is 5.11 Å². The number of phenols is 1. The predicted octanol–water partition coefficient (Wildman–Crippen LogP) is 3.84. The molecule has 1 aromatic carbocycles. The van der Waals surface area contributed by atoms with E-state index in [-0.39, 0.29) is 5.75 Å². The summed E-state index contributed by atoms with van der Waals surface area (Å²) in [7, 11) is 0. The van der Waals surface area contributed by atoms with Gasteiger partial charge in [-0.3, -0.25) is 0 Å². The summed E-state index contributed by atoms with van der Waals surface area (Å²) >= 11 is 8.99. The van der Waals surface area contributed by atoms with Crippen molar-refractivity contribution in [2.24, 2.45) is 0 Å². The summed E-state index contributed by atoms with van der Waals surface area (Å²) in [6.45, 7) is 0. The summed E-state index contributed by atoms with van der Waals surface area (Å²) in [5, 5.41) is 10.6. The third-order valence-electron chi connectivity index (χ3n) is 1.56. The second-order valence-electron chi connectivity index (χ2n) is 2.59. The smallest absolute Gasteiger partial charge is 0.134 e. The van der Waals surface area contributed by atoms with Crippen LogP contribution in [0.1, 0.15) is 12.0 Å². The molecule has 0 spiro atoms. The highest BCUT2D eigenvalue weighted by atomic mass is 79.9. The van der Waals surface area contributed by atoms with Gasteiger partial charge in [0, 0.05) is 5.33 Å². The Labute approximate surface area is 91.2 Å². The van der Waals surface area contributed by atoms with Crippen LogP contribution in [0, 0.1) is 0 Å². The van der Waals surface area contributed by atoms with E-state index in [9.17, 15) is 5.11 Å². The van der Waals surface area contributed by atoms with Gasteiger partial charge in [0.05, 0.1) is 5.02 Å². The molecular formula is C10H10BrClO. The van der Waals surface area contributed by atoms with Crippen molar-refractivity contribution < 1.29 is 5.11 Å². The van der Waals surface area contributed by atoms with Crippen molar-refractivity contribution in [3.05, 3.63) is 34.9 Å². The monoisotopic (exact) mass is 260 g/mol. The average Bonchev–Trinajstić information content (AvgIpc) is 2.12. The van der Waals surface area contributed by atoms with Gasteiger partial charge in [0.2, 0.25) is 0 Å². The van der Waals surface area contributed by atoms with E-state index in [1.807, 2.05) is 18.2 Å². The number of halogens is 2. The molecule has 1 aromatic rings. The number of phenolic OH excluding ortho intramolecular Hbond substituents is 1. The highest BCUT2D eigenvalue weighted by molar-refractivity contribution is 9.09. The molecule has 0 atom stereocenters. The molecule has 70 valence electrons. The fraction of sp³-hybridized carbons (Fsp3) is 0.200. The van der Waals surface area contributed by atoms with E-state index in [1.54, 1.807) is 12.1 Å². The van der Waals surface area contributed by atoms with Crippen LogP contribution < -0.4 is 0 Å². The first-order valence-electron chi connectivity index (χ1n) is 3.95. The zero-order valence-electron chi connectivity index (χ0n) is 7.00. The van der Waals surface area contributed by atoms with Crippen LogP contribution in [-0.2, 0) is 0 Å². The average molecular weight is 262 g/mol. The molecule has 13 heavy (non-hydrogen) atoms. The lowest BCUT2D eigenvalue weighted by Gasteiger charge is -1.97. The molecule has 0 aliphatic rings. The Morgan fingerprint density at radius 2 is 2.23 bits per heavy atom. The Hall–Kier alpha value is -0.470. The predicted molar refractivity (Wildman–Crippen MR) is 60.6 cm³/mol. The van der Waals surface area contributed by atoms with Crippen molar-refractivity contribution >= 4 is 33.6 Å². The van der Waals surface area contributed by atoms with Crippen molar-refractivity contribution in [1.82, 2.24) is 0 Å². The molecule has 0 radical (unpaired) electrons. The maximum absolute atomic E-state index is 9.28. The molecule has 0 fully saturated rings. The number of allylic oxidation sites excluding steroid dienone is 1. The summed E-state index contributed by atoms with van der Waals surface area (Å²) in [6, 6.07) is 5.20. The largest absolute Gasteiger partial charge is 0.506 e. The molecule has 0 aliphatic heterocycles. The maximum Gasteiger partial charge on any atom is 0.134 e. The third-order valence-corrected chi connectivity index (χ3v) is 2.33. The second-order valence-corrected chi connectivity index (χ2v) is 3.79. The van der Waals surface area contributed by atoms with Gasteiger partial charge >= 0.3 is 0 Å². The number of alkyl halides is 1. The third kappa shape index (κ3) is 3.41. The molecule has 0 saturated carbocycles. The van der Waals surface area contributed by atoms with Gasteiger partial charge in [0.1, 0.15) is 5.75 Å². The minimum atomic E-state index is 0.127. The van der Waals surface area contributed by atoms with Gasteiger partial charge in [-0.15, -0.1) is 0 Å². The molecular weight excluding hydrogens is 251 g/mol. The van der Waals surface area contributed by atoms with Crippen molar-refractivity contribution in [3.63, 3.8) is 0 Å². The standard InChI is InChI=1S/C10H10BrClO/c11-6-2-1-3-8-4-5-9(12)10(13)7-8/h1,3-5,7,13H,2,6H2. The van der Waals surface area contributed by atoms with E-state index in [0.29, 0.717) is 5.02 Å². The SMILES string of the molecule is Oc1cc(C=CCCBr)ccc1Cl. The second kappa shape index (κ2) is 5.30. The minimum absolute atomic E-state index is 0.127. The first-order valence-corrected chi connectivity index (χ1v) is 5.45. The number of rotatable bonds is 3. The van der Waals surface area contributed by atoms with Crippen LogP contribution in [0.2, 0.25) is 5.02 Å². The van der Waals surface area contributed by atoms with Crippen molar-refractivity contribution in [2.75, 3.05) is 5.33 Å². The molecule has 0 bridgehead atoms. The Kier molecular flexibility index (Phi) is 4.33. The summed E-state index contributed by atoms with van der Waals surface area (Å²) in [4.78, 5) is 0. The first kappa shape index (κ1) is 10.6. The van der Waals surface area contributed by atoms with Crippen molar-refractivity contribution in [1.29, 1.82) is 0 Å². The van der Waals surface area contributed by atoms with Crippen LogP contribution in [0.25, 0.3) is 6.08 Å². The fourth-order valence-electron chi connectivity index (χ4n) is 0.916. The summed E-state index contributed by atoms with van der Waals surface area (Å²) in [5.74, 6) is 0.127. The lowest BCUT2D eigenvalue weighted by molar-refractivity contribution is 0.475. The number of hydrogen-bond acceptors (Lipinski definition) is 1. The molecule has 0 unspecified atom stereocenters. The zero-order valence-corrected chi connectivity index (χ0v) is 9.35. The van der Waals surface area contributed by atoms with E-state index in [0.717, 1.165) is 17.3 Å². The zero-order chi connectivity index (χ0) is 9.68. The lowest BCUT2D eigenvalue weighted by Crippen LogP contribution is -1.73. The number of benzene rings is 1. The van der Waals surface area contributed by atoms with Gasteiger partial charge in [-0.25, -0.2) is 0 Å². The van der Waals surface area contributed by atoms with Gasteiger partial charge in [0.25, 0.3) is 0 Å². The Morgan fingerprint density at radius 3 is 2.85 bits per heavy atom. The Morgan fingerprint density at radius 1 is 1.46 bits per heavy atom. The number of aromatic hydroxyl groups is 1. The first-order chi connectivity index (χ1) is 6.24. The van der Waals surface area contributed by atoms with Crippen LogP contribution in [-0.4, -0.2) is 10.4 Å². The Bertz CT molecular complexity index is 310. The lowest BCUT2D eigenvalue weighted by atomic mass is 10.2. The van der Waals surface area contributed by atoms with E-state index < -0.39 is 0 Å². The molecule has 1 rings (SSSR count). The molecule has 0 amide bonds. The topological polar surface area (TPSA) is 20.2 Å². The molecule has 0 saturated heterocycles. The summed E-state index contributed by atoms with van der Waals surface area (Å²) in [5.41, 5.74) is 0.961. The van der Waals surface area contributed by atoms with E-state index >= 15 is 0 Å². The summed E-state index contributed by atoms with van der Waals surface area (Å²) in [6.07, 6.45) is 4.97. The van der Waals surface area contributed by atoms with Gasteiger partial charge in [-0.05, 0) is 24.1 Å². The Balaban J connectivity index is 2.73. The van der Waals surface area contributed by atoms with Crippen LogP contribution >= 0.6 is 27.5 Å². The van der Waals surface area contributed by atoms with Crippen molar-refractivity contribution in [2.45, 2.75) is 6.42 Å². The van der Waals surface area contributed by atoms with Crippen LogP contribution in [0.15, 0.2) is 24.3 Å². The maximum atomic E-state index is 9.28. The number of hydrogen-bond donors (Lipinski definition) is 1. The quantitative estimate of drug-likeness (QED) is 0.820. The van der Waals surface area contributed by atoms with Crippen LogP contribution in [0.3, 0.4) is 0 Å². The van der Waals surface area contributed by atoms with E-state index in [4.69, 9.17) is 11.6 Å². The highest BCUT2D eigenvalue weighted by Gasteiger charge is 1.96. The normalized spacial score (nSPS) is 10.9. The highest BCUT2D eigenvalue weighted by Crippen LogP contribution is 2.24. The minimum Gasteiger partial charge on any atom is -0.506 e. The van der Waals surface area contributed by atoms with Gasteiger partial charge in [-0.2, -0.15) is 0 Å². The van der Waals surface area contributed by atoms with Crippen LogP contribution in [0.4, 0.5) is 0 Å². The van der Waals surface area contributed by atoms with E-state index in [2.05, 4.69) is 15.9 Å². The van der Waals surface area contributed by atoms with Gasteiger partial charge in [0.15, 0.2) is 0 Å². The van der Waals surface area contributed by atoms with Gasteiger partial charge in [-0.1, -0.05) is 45.7 Å². The fourth-order valence-corrected chi connectivity index (χ4v) is 1.30.